The summed E-state index contributed by atoms with van der Waals surface area (Å²) in [5.41, 5.74) is 1.16. The van der Waals surface area contributed by atoms with Crippen molar-refractivity contribution in [1.29, 1.82) is 0 Å². The maximum atomic E-state index is 11.8. The second-order valence-electron chi connectivity index (χ2n) is 4.10. The van der Waals surface area contributed by atoms with E-state index in [1.165, 1.54) is 0 Å². The average molecular weight is 264 g/mol. The van der Waals surface area contributed by atoms with Crippen LogP contribution in [-0.2, 0) is 4.79 Å². The van der Waals surface area contributed by atoms with E-state index < -0.39 is 6.10 Å². The van der Waals surface area contributed by atoms with Gasteiger partial charge in [-0.25, -0.2) is 0 Å². The molecule has 1 aromatic carbocycles. The van der Waals surface area contributed by atoms with Crippen LogP contribution in [0, 0.1) is 6.92 Å². The Hall–Kier alpha value is -1.49. The fraction of sp³-hybridized carbons (Fsp3) is 0.385. The molecular weight excluding hydrogens is 248 g/mol. The van der Waals surface area contributed by atoms with Gasteiger partial charge in [0.1, 0.15) is 5.75 Å². The van der Waals surface area contributed by atoms with Crippen LogP contribution in [0.15, 0.2) is 29.3 Å². The third kappa shape index (κ3) is 3.50. The van der Waals surface area contributed by atoms with Gasteiger partial charge in [0.05, 0.1) is 6.54 Å². The Morgan fingerprint density at radius 2 is 2.17 bits per heavy atom. The highest BCUT2D eigenvalue weighted by Crippen LogP contribution is 2.14. The minimum Gasteiger partial charge on any atom is -0.481 e. The third-order valence-electron chi connectivity index (χ3n) is 2.52. The Morgan fingerprint density at radius 1 is 1.44 bits per heavy atom. The van der Waals surface area contributed by atoms with E-state index in [1.54, 1.807) is 18.7 Å². The summed E-state index contributed by atoms with van der Waals surface area (Å²) in [6.45, 7) is 4.51. The van der Waals surface area contributed by atoms with Gasteiger partial charge in [-0.15, -0.1) is 0 Å². The molecule has 0 radical (unpaired) electrons. The lowest BCUT2D eigenvalue weighted by atomic mass is 10.2. The van der Waals surface area contributed by atoms with Crippen LogP contribution in [0.2, 0.25) is 0 Å². The van der Waals surface area contributed by atoms with Crippen molar-refractivity contribution in [3.63, 3.8) is 0 Å². The van der Waals surface area contributed by atoms with Gasteiger partial charge in [0, 0.05) is 5.75 Å². The zero-order valence-electron chi connectivity index (χ0n) is 10.5. The Bertz CT molecular complexity index is 457. The first kappa shape index (κ1) is 13.0. The molecule has 0 fully saturated rings. The molecule has 0 bridgehead atoms. The van der Waals surface area contributed by atoms with Crippen molar-refractivity contribution < 1.29 is 9.53 Å². The minimum atomic E-state index is -0.531. The van der Waals surface area contributed by atoms with Crippen LogP contribution in [-0.4, -0.2) is 29.5 Å². The van der Waals surface area contributed by atoms with E-state index in [1.807, 2.05) is 31.2 Å². The SMILES string of the molecule is Cc1ccc(O[C@H](C)C(=O)NC2=NCCS2)cc1. The zero-order chi connectivity index (χ0) is 13.0. The van der Waals surface area contributed by atoms with E-state index in [0.717, 1.165) is 17.9 Å². The Labute approximate surface area is 111 Å². The van der Waals surface area contributed by atoms with E-state index in [4.69, 9.17) is 4.74 Å². The first-order valence-electron chi connectivity index (χ1n) is 5.86. The van der Waals surface area contributed by atoms with Crippen LogP contribution < -0.4 is 10.1 Å². The van der Waals surface area contributed by atoms with Crippen LogP contribution in [0.25, 0.3) is 0 Å². The first-order chi connectivity index (χ1) is 8.65. The lowest BCUT2D eigenvalue weighted by molar-refractivity contribution is -0.125. The molecule has 1 aliphatic heterocycles. The molecule has 1 aliphatic rings. The lowest BCUT2D eigenvalue weighted by Crippen LogP contribution is -2.38. The predicted molar refractivity (Wildman–Crippen MR) is 74.2 cm³/mol. The molecule has 0 aromatic heterocycles. The second-order valence-corrected chi connectivity index (χ2v) is 5.18. The third-order valence-corrected chi connectivity index (χ3v) is 3.41. The summed E-state index contributed by atoms with van der Waals surface area (Å²) in [7, 11) is 0. The van der Waals surface area contributed by atoms with Gasteiger partial charge >= 0.3 is 0 Å². The molecule has 1 amide bonds. The van der Waals surface area contributed by atoms with Gasteiger partial charge in [-0.05, 0) is 26.0 Å². The van der Waals surface area contributed by atoms with E-state index in [9.17, 15) is 4.79 Å². The molecule has 0 saturated carbocycles. The molecule has 1 aromatic rings. The fourth-order valence-corrected chi connectivity index (χ4v) is 2.22. The molecule has 0 aliphatic carbocycles. The summed E-state index contributed by atoms with van der Waals surface area (Å²) in [6, 6.07) is 7.63. The number of nitrogens with one attached hydrogen (secondary N) is 1. The molecule has 1 atom stereocenters. The first-order valence-corrected chi connectivity index (χ1v) is 6.85. The largest absolute Gasteiger partial charge is 0.481 e. The molecule has 1 heterocycles. The van der Waals surface area contributed by atoms with Crippen molar-refractivity contribution in [2.45, 2.75) is 20.0 Å². The van der Waals surface area contributed by atoms with Crippen LogP contribution in [0.3, 0.4) is 0 Å². The number of aryl methyl sites for hydroxylation is 1. The number of amidine groups is 1. The number of aliphatic imine (C=N–C) groups is 1. The van der Waals surface area contributed by atoms with Gasteiger partial charge < -0.3 is 10.1 Å². The predicted octanol–water partition coefficient (Wildman–Crippen LogP) is 1.98. The molecule has 96 valence electrons. The molecule has 18 heavy (non-hydrogen) atoms. The number of hydrogen-bond donors (Lipinski definition) is 1. The maximum Gasteiger partial charge on any atom is 0.266 e. The number of benzene rings is 1. The van der Waals surface area contributed by atoms with E-state index in [0.29, 0.717) is 10.9 Å². The van der Waals surface area contributed by atoms with E-state index >= 15 is 0 Å². The number of thioether (sulfide) groups is 1. The summed E-state index contributed by atoms with van der Waals surface area (Å²) in [6.07, 6.45) is -0.531. The number of carbonyl (C=O) groups is 1. The quantitative estimate of drug-likeness (QED) is 0.908. The topological polar surface area (TPSA) is 50.7 Å². The summed E-state index contributed by atoms with van der Waals surface area (Å²) in [5, 5.41) is 3.45. The van der Waals surface area contributed by atoms with Gasteiger partial charge in [0.2, 0.25) is 0 Å². The van der Waals surface area contributed by atoms with Gasteiger partial charge in [-0.2, -0.15) is 0 Å². The molecule has 5 heteroatoms. The van der Waals surface area contributed by atoms with Crippen molar-refractivity contribution in [3.8, 4) is 5.75 Å². The highest BCUT2D eigenvalue weighted by molar-refractivity contribution is 8.14. The normalized spacial score (nSPS) is 16.0. The molecule has 4 nitrogen and oxygen atoms in total. The molecule has 1 N–H and O–H groups in total. The van der Waals surface area contributed by atoms with Crippen LogP contribution in [0.4, 0.5) is 0 Å². The summed E-state index contributed by atoms with van der Waals surface area (Å²) in [4.78, 5) is 16.0. The molecule has 0 saturated heterocycles. The van der Waals surface area contributed by atoms with Crippen molar-refractivity contribution in [1.82, 2.24) is 5.32 Å². The number of rotatable bonds is 3. The number of carbonyl (C=O) groups excluding carboxylic acids is 1. The molecular formula is C13H16N2O2S. The van der Waals surface area contributed by atoms with E-state index in [2.05, 4.69) is 10.3 Å². The maximum absolute atomic E-state index is 11.8. The van der Waals surface area contributed by atoms with E-state index in [-0.39, 0.29) is 5.91 Å². The Balaban J connectivity index is 1.88. The van der Waals surface area contributed by atoms with Crippen LogP contribution >= 0.6 is 11.8 Å². The summed E-state index contributed by atoms with van der Waals surface area (Å²) in [5.74, 6) is 1.47. The van der Waals surface area contributed by atoms with Crippen LogP contribution in [0.5, 0.6) is 5.75 Å². The van der Waals surface area contributed by atoms with Crippen molar-refractivity contribution in [3.05, 3.63) is 29.8 Å². The Kier molecular flexibility index (Phi) is 4.25. The van der Waals surface area contributed by atoms with Gasteiger partial charge in [-0.1, -0.05) is 29.5 Å². The molecule has 0 unspecified atom stereocenters. The minimum absolute atomic E-state index is 0.163. The summed E-state index contributed by atoms with van der Waals surface area (Å²) < 4.78 is 5.57. The van der Waals surface area contributed by atoms with Crippen molar-refractivity contribution >= 4 is 22.8 Å². The highest BCUT2D eigenvalue weighted by Gasteiger charge is 2.18. The van der Waals surface area contributed by atoms with Crippen molar-refractivity contribution in [2.24, 2.45) is 4.99 Å². The number of ether oxygens (including phenoxy) is 1. The number of hydrogen-bond acceptors (Lipinski definition) is 4. The zero-order valence-corrected chi connectivity index (χ0v) is 11.3. The molecule has 2 rings (SSSR count). The smallest absolute Gasteiger partial charge is 0.266 e. The monoisotopic (exact) mass is 264 g/mol. The fourth-order valence-electron chi connectivity index (χ4n) is 1.49. The Morgan fingerprint density at radius 3 is 2.78 bits per heavy atom. The highest BCUT2D eigenvalue weighted by atomic mass is 32.2. The second kappa shape index (κ2) is 5.91. The summed E-state index contributed by atoms with van der Waals surface area (Å²) >= 11 is 1.56. The average Bonchev–Trinajstić information content (AvgIpc) is 2.85. The molecule has 0 spiro atoms. The van der Waals surface area contributed by atoms with Gasteiger partial charge in [0.15, 0.2) is 11.3 Å². The number of nitrogens with zero attached hydrogens (tertiary/aromatic N) is 1. The van der Waals surface area contributed by atoms with Crippen LogP contribution in [0.1, 0.15) is 12.5 Å². The number of amides is 1. The standard InChI is InChI=1S/C13H16N2O2S/c1-9-3-5-11(6-4-9)17-10(2)12(16)15-13-14-7-8-18-13/h3-6,10H,7-8H2,1-2H3,(H,14,15,16)/t10-/m1/s1. The van der Waals surface area contributed by atoms with Gasteiger partial charge in [0.25, 0.3) is 5.91 Å². The van der Waals surface area contributed by atoms with Gasteiger partial charge in [-0.3, -0.25) is 9.79 Å². The van der Waals surface area contributed by atoms with Crippen molar-refractivity contribution in [2.75, 3.05) is 12.3 Å². The lowest BCUT2D eigenvalue weighted by Gasteiger charge is -2.14.